The Morgan fingerprint density at radius 3 is 2.59 bits per heavy atom. The first kappa shape index (κ1) is 30.9. The predicted octanol–water partition coefficient (Wildman–Crippen LogP) is 3.05. The van der Waals surface area contributed by atoms with E-state index in [0.29, 0.717) is 22.7 Å². The van der Waals surface area contributed by atoms with E-state index in [0.717, 1.165) is 52.5 Å². The van der Waals surface area contributed by atoms with E-state index in [-0.39, 0.29) is 31.1 Å². The number of nitrogens with two attached hydrogens (primary N) is 1. The number of sulfonamides is 1. The van der Waals surface area contributed by atoms with Crippen molar-refractivity contribution in [3.05, 3.63) is 72.3 Å². The topological polar surface area (TPSA) is 157 Å². The summed E-state index contributed by atoms with van der Waals surface area (Å²) in [7, 11) is -4.33. The van der Waals surface area contributed by atoms with Crippen LogP contribution in [0.25, 0.3) is 11.2 Å². The SMILES string of the molecule is CCCc1ccc(CNC(=O)[C@H]2CN(c3cnc4cncnc4n3)CCN2S(=O)(=O)c2ccc(OC(F)(F)F)cc2)cc1N. The Labute approximate surface area is 251 Å². The van der Waals surface area contributed by atoms with Gasteiger partial charge in [0.1, 0.15) is 29.5 Å². The van der Waals surface area contributed by atoms with Crippen LogP contribution >= 0.6 is 0 Å². The zero-order chi connectivity index (χ0) is 31.5. The van der Waals surface area contributed by atoms with Crippen molar-refractivity contribution in [2.24, 2.45) is 0 Å². The maximum atomic E-state index is 13.7. The number of carbonyl (C=O) groups excluding carboxylic acids is 1. The minimum atomic E-state index is -4.93. The molecule has 12 nitrogen and oxygen atoms in total. The third-order valence-corrected chi connectivity index (χ3v) is 8.95. The minimum absolute atomic E-state index is 0.0802. The average Bonchev–Trinajstić information content (AvgIpc) is 3.00. The van der Waals surface area contributed by atoms with Crippen LogP contribution in [0.5, 0.6) is 5.75 Å². The third-order valence-electron chi connectivity index (χ3n) is 7.03. The molecule has 5 rings (SSSR count). The Balaban J connectivity index is 1.41. The van der Waals surface area contributed by atoms with E-state index in [1.165, 1.54) is 18.7 Å². The van der Waals surface area contributed by atoms with E-state index in [9.17, 15) is 26.4 Å². The van der Waals surface area contributed by atoms with Gasteiger partial charge in [-0.15, -0.1) is 13.2 Å². The second-order valence-electron chi connectivity index (χ2n) is 10.1. The Morgan fingerprint density at radius 2 is 1.89 bits per heavy atom. The summed E-state index contributed by atoms with van der Waals surface area (Å²) in [6, 6.07) is 8.12. The molecule has 16 heteroatoms. The molecule has 0 spiro atoms. The Hall–Kier alpha value is -4.57. The van der Waals surface area contributed by atoms with Crippen molar-refractivity contribution < 1.29 is 31.1 Å². The number of nitrogen functional groups attached to an aromatic ring is 1. The first-order chi connectivity index (χ1) is 20.9. The number of anilines is 2. The van der Waals surface area contributed by atoms with Gasteiger partial charge in [-0.05, 0) is 47.9 Å². The number of alkyl halides is 3. The van der Waals surface area contributed by atoms with Crippen molar-refractivity contribution in [3.8, 4) is 5.75 Å². The lowest BCUT2D eigenvalue weighted by Crippen LogP contribution is -2.60. The number of hydrogen-bond donors (Lipinski definition) is 2. The van der Waals surface area contributed by atoms with Gasteiger partial charge < -0.3 is 20.7 Å². The van der Waals surface area contributed by atoms with E-state index in [4.69, 9.17) is 5.73 Å². The van der Waals surface area contributed by atoms with E-state index in [1.54, 1.807) is 11.0 Å². The number of aryl methyl sites for hydroxylation is 1. The normalized spacial score (nSPS) is 16.2. The highest BCUT2D eigenvalue weighted by Crippen LogP contribution is 2.28. The summed E-state index contributed by atoms with van der Waals surface area (Å²) in [4.78, 5) is 31.9. The molecule has 0 aliphatic carbocycles. The lowest BCUT2D eigenvalue weighted by molar-refractivity contribution is -0.274. The largest absolute Gasteiger partial charge is 0.573 e. The van der Waals surface area contributed by atoms with Crippen LogP contribution in [0.1, 0.15) is 24.5 Å². The fourth-order valence-corrected chi connectivity index (χ4v) is 6.46. The van der Waals surface area contributed by atoms with Gasteiger partial charge in [-0.1, -0.05) is 25.5 Å². The molecule has 1 amide bonds. The Kier molecular flexibility index (Phi) is 8.82. The number of nitrogens with zero attached hydrogens (tertiary/aromatic N) is 6. The molecule has 1 atom stereocenters. The zero-order valence-corrected chi connectivity index (χ0v) is 24.3. The Bertz CT molecular complexity index is 1760. The summed E-state index contributed by atoms with van der Waals surface area (Å²) < 4.78 is 70.2. The molecule has 2 aromatic heterocycles. The van der Waals surface area contributed by atoms with Gasteiger partial charge in [0.05, 0.1) is 17.3 Å². The molecule has 1 saturated heterocycles. The molecule has 2 aromatic carbocycles. The van der Waals surface area contributed by atoms with Gasteiger partial charge in [0.2, 0.25) is 15.9 Å². The van der Waals surface area contributed by atoms with Crippen molar-refractivity contribution >= 4 is 38.6 Å². The molecule has 1 aliphatic rings. The maximum absolute atomic E-state index is 13.7. The molecule has 0 radical (unpaired) electrons. The fourth-order valence-electron chi connectivity index (χ4n) is 4.89. The van der Waals surface area contributed by atoms with Crippen LogP contribution in [0.4, 0.5) is 24.7 Å². The molecule has 1 aliphatic heterocycles. The second-order valence-corrected chi connectivity index (χ2v) is 11.9. The third kappa shape index (κ3) is 6.97. The van der Waals surface area contributed by atoms with Crippen LogP contribution in [0, 0.1) is 0 Å². The van der Waals surface area contributed by atoms with Gasteiger partial charge >= 0.3 is 6.36 Å². The summed E-state index contributed by atoms with van der Waals surface area (Å²) in [5.41, 5.74) is 9.30. The van der Waals surface area contributed by atoms with Gasteiger partial charge in [-0.3, -0.25) is 4.79 Å². The second kappa shape index (κ2) is 12.6. The Morgan fingerprint density at radius 1 is 1.11 bits per heavy atom. The molecule has 44 heavy (non-hydrogen) atoms. The van der Waals surface area contributed by atoms with Crippen molar-refractivity contribution in [3.63, 3.8) is 0 Å². The van der Waals surface area contributed by atoms with Crippen LogP contribution in [0.3, 0.4) is 0 Å². The molecule has 4 aromatic rings. The highest BCUT2D eigenvalue weighted by Gasteiger charge is 2.41. The van der Waals surface area contributed by atoms with Gasteiger partial charge in [0.15, 0.2) is 5.65 Å². The number of rotatable bonds is 9. The standard InChI is InChI=1S/C28H29F3N8O4S/c1-2-3-19-5-4-18(12-22(19)32)13-35-27(40)24-16-38(25-15-34-23-14-33-17-36-26(23)37-25)10-11-39(24)44(41,42)21-8-6-20(7-9-21)43-28(29,30)31/h4-9,12,14-15,17,24H,2-3,10-11,13,16,32H2,1H3,(H,35,40)/t24-/m1/s1. The first-order valence-electron chi connectivity index (χ1n) is 13.6. The quantitative estimate of drug-likeness (QED) is 0.264. The van der Waals surface area contributed by atoms with Crippen molar-refractivity contribution in [1.29, 1.82) is 0 Å². The van der Waals surface area contributed by atoms with Crippen molar-refractivity contribution in [2.45, 2.75) is 43.6 Å². The van der Waals surface area contributed by atoms with Crippen LogP contribution in [-0.2, 0) is 27.8 Å². The first-order valence-corrected chi connectivity index (χ1v) is 15.1. The summed E-state index contributed by atoms with van der Waals surface area (Å²) in [5, 5.41) is 2.81. The molecule has 0 bridgehead atoms. The van der Waals surface area contributed by atoms with E-state index < -0.39 is 34.1 Å². The van der Waals surface area contributed by atoms with E-state index >= 15 is 0 Å². The summed E-state index contributed by atoms with van der Waals surface area (Å²) in [6.07, 6.45) is 1.13. The number of nitrogens with one attached hydrogen (secondary N) is 1. The molecular weight excluding hydrogens is 601 g/mol. The summed E-state index contributed by atoms with van der Waals surface area (Å²) in [6.45, 7) is 2.09. The summed E-state index contributed by atoms with van der Waals surface area (Å²) in [5.74, 6) is -0.764. The number of fused-ring (bicyclic) bond motifs is 1. The highest BCUT2D eigenvalue weighted by molar-refractivity contribution is 7.89. The van der Waals surface area contributed by atoms with Gasteiger partial charge in [-0.2, -0.15) is 4.31 Å². The molecule has 0 saturated carbocycles. The monoisotopic (exact) mass is 630 g/mol. The lowest BCUT2D eigenvalue weighted by Gasteiger charge is -2.40. The molecule has 232 valence electrons. The number of ether oxygens (including phenoxy) is 1. The molecule has 3 heterocycles. The summed E-state index contributed by atoms with van der Waals surface area (Å²) >= 11 is 0. The molecule has 3 N–H and O–H groups in total. The van der Waals surface area contributed by atoms with Crippen LogP contribution < -0.4 is 20.7 Å². The van der Waals surface area contributed by atoms with Crippen LogP contribution in [0.2, 0.25) is 0 Å². The number of carbonyl (C=O) groups is 1. The van der Waals surface area contributed by atoms with Crippen LogP contribution in [0.15, 0.2) is 66.1 Å². The number of aromatic nitrogens is 4. The fraction of sp³-hybridized carbons (Fsp3) is 0.321. The smallest absolute Gasteiger partial charge is 0.406 e. The maximum Gasteiger partial charge on any atom is 0.573 e. The number of amides is 1. The number of benzene rings is 2. The van der Waals surface area contributed by atoms with Crippen LogP contribution in [-0.4, -0.2) is 70.6 Å². The van der Waals surface area contributed by atoms with E-state index in [2.05, 4.69) is 30.0 Å². The molecule has 0 unspecified atom stereocenters. The molecular formula is C28H29F3N8O4S. The van der Waals surface area contributed by atoms with Gasteiger partial charge in [0, 0.05) is 31.9 Å². The molecule has 1 fully saturated rings. The highest BCUT2D eigenvalue weighted by atomic mass is 32.2. The average molecular weight is 631 g/mol. The van der Waals surface area contributed by atoms with Gasteiger partial charge in [-0.25, -0.2) is 28.4 Å². The lowest BCUT2D eigenvalue weighted by atomic mass is 10.1. The number of hydrogen-bond acceptors (Lipinski definition) is 10. The van der Waals surface area contributed by atoms with E-state index in [1.807, 2.05) is 19.1 Å². The number of piperazine rings is 1. The zero-order valence-electron chi connectivity index (χ0n) is 23.5. The number of halogens is 3. The van der Waals surface area contributed by atoms with Crippen molar-refractivity contribution in [1.82, 2.24) is 29.6 Å². The van der Waals surface area contributed by atoms with Crippen molar-refractivity contribution in [2.75, 3.05) is 30.3 Å². The predicted molar refractivity (Wildman–Crippen MR) is 155 cm³/mol. The van der Waals surface area contributed by atoms with Gasteiger partial charge in [0.25, 0.3) is 0 Å². The minimum Gasteiger partial charge on any atom is -0.406 e.